The summed E-state index contributed by atoms with van der Waals surface area (Å²) in [5.74, 6) is 0. The van der Waals surface area contributed by atoms with Gasteiger partial charge in [-0.1, -0.05) is 12.1 Å². The van der Waals surface area contributed by atoms with E-state index in [1.54, 1.807) is 18.2 Å². The van der Waals surface area contributed by atoms with Crippen LogP contribution in [0, 0.1) is 16.2 Å². The van der Waals surface area contributed by atoms with Crippen LogP contribution in [0.5, 0.6) is 0 Å². The first kappa shape index (κ1) is 13.0. The van der Waals surface area contributed by atoms with Gasteiger partial charge in [0.15, 0.2) is 0 Å². The standard InChI is InChI=1S/C12H9N2O4S/c15-14(16)11-6-8-12(9-7-11)19(17,18)13-10-4-2-1-3-5-10/h1-2,4-9,13H. The Balaban J connectivity index is 2.27. The number of non-ortho nitro benzene ring substituents is 1. The van der Waals surface area contributed by atoms with Gasteiger partial charge in [-0.05, 0) is 30.3 Å². The Labute approximate surface area is 109 Å². The fourth-order valence-electron chi connectivity index (χ4n) is 1.42. The number of nitro benzene ring substituents is 1. The van der Waals surface area contributed by atoms with Crippen LogP contribution in [0.2, 0.25) is 0 Å². The number of hydrogen-bond acceptors (Lipinski definition) is 4. The second-order valence-corrected chi connectivity index (χ2v) is 5.33. The molecule has 0 bridgehead atoms. The number of hydrogen-bond donors (Lipinski definition) is 1. The zero-order chi connectivity index (χ0) is 13.9. The SMILES string of the molecule is O=[N+]([O-])c1ccc(S(=O)(=O)Nc2c[c]ccc2)cc1. The van der Waals surface area contributed by atoms with Crippen molar-refractivity contribution in [2.75, 3.05) is 4.72 Å². The third-order valence-electron chi connectivity index (χ3n) is 2.32. The molecule has 1 radical (unpaired) electrons. The number of nitrogens with one attached hydrogen (secondary N) is 1. The zero-order valence-electron chi connectivity index (χ0n) is 9.61. The molecule has 1 N–H and O–H groups in total. The number of anilines is 1. The lowest BCUT2D eigenvalue weighted by molar-refractivity contribution is -0.384. The Hall–Kier alpha value is -2.41. The molecule has 0 aliphatic heterocycles. The normalized spacial score (nSPS) is 10.9. The Bertz CT molecular complexity index is 681. The summed E-state index contributed by atoms with van der Waals surface area (Å²) in [7, 11) is -3.75. The summed E-state index contributed by atoms with van der Waals surface area (Å²) in [5, 5.41) is 10.5. The van der Waals surface area contributed by atoms with Crippen LogP contribution in [-0.2, 0) is 10.0 Å². The Morgan fingerprint density at radius 2 is 1.84 bits per heavy atom. The van der Waals surface area contributed by atoms with Crippen molar-refractivity contribution in [2.24, 2.45) is 0 Å². The molecule has 2 aromatic rings. The van der Waals surface area contributed by atoms with E-state index in [9.17, 15) is 18.5 Å². The van der Waals surface area contributed by atoms with Crippen molar-refractivity contribution in [1.82, 2.24) is 0 Å². The lowest BCUT2D eigenvalue weighted by Gasteiger charge is -2.07. The third kappa shape index (κ3) is 3.08. The predicted molar refractivity (Wildman–Crippen MR) is 69.2 cm³/mol. The van der Waals surface area contributed by atoms with Gasteiger partial charge in [-0.15, -0.1) is 0 Å². The molecule has 0 spiro atoms. The molecular weight excluding hydrogens is 268 g/mol. The van der Waals surface area contributed by atoms with Crippen LogP contribution in [-0.4, -0.2) is 13.3 Å². The summed E-state index contributed by atoms with van der Waals surface area (Å²) in [4.78, 5) is 9.86. The van der Waals surface area contributed by atoms with E-state index in [1.165, 1.54) is 18.2 Å². The third-order valence-corrected chi connectivity index (χ3v) is 3.71. The van der Waals surface area contributed by atoms with Crippen molar-refractivity contribution in [1.29, 1.82) is 0 Å². The highest BCUT2D eigenvalue weighted by atomic mass is 32.2. The molecule has 7 heteroatoms. The van der Waals surface area contributed by atoms with Gasteiger partial charge in [0.1, 0.15) is 0 Å². The smallest absolute Gasteiger partial charge is 0.269 e. The molecule has 0 aliphatic carbocycles. The molecule has 0 aromatic heterocycles. The van der Waals surface area contributed by atoms with Gasteiger partial charge in [-0.2, -0.15) is 0 Å². The predicted octanol–water partition coefficient (Wildman–Crippen LogP) is 2.20. The maximum atomic E-state index is 12.0. The van der Waals surface area contributed by atoms with Crippen molar-refractivity contribution >= 4 is 21.4 Å². The van der Waals surface area contributed by atoms with Crippen LogP contribution in [0.4, 0.5) is 11.4 Å². The van der Waals surface area contributed by atoms with Crippen molar-refractivity contribution in [3.05, 3.63) is 64.7 Å². The molecule has 0 aliphatic rings. The molecule has 0 heterocycles. The molecule has 0 fully saturated rings. The summed E-state index contributed by atoms with van der Waals surface area (Å²) in [6.45, 7) is 0. The number of benzene rings is 2. The maximum Gasteiger partial charge on any atom is 0.269 e. The van der Waals surface area contributed by atoms with Gasteiger partial charge >= 0.3 is 0 Å². The molecule has 0 atom stereocenters. The van der Waals surface area contributed by atoms with Gasteiger partial charge < -0.3 is 0 Å². The van der Waals surface area contributed by atoms with E-state index in [-0.39, 0.29) is 10.6 Å². The largest absolute Gasteiger partial charge is 0.280 e. The fraction of sp³-hybridized carbons (Fsp3) is 0. The summed E-state index contributed by atoms with van der Waals surface area (Å²) in [6, 6.07) is 13.8. The summed E-state index contributed by atoms with van der Waals surface area (Å²) in [5.41, 5.74) is 0.216. The number of nitro groups is 1. The van der Waals surface area contributed by atoms with Gasteiger partial charge in [0.25, 0.3) is 15.7 Å². The van der Waals surface area contributed by atoms with E-state index in [4.69, 9.17) is 0 Å². The second kappa shape index (κ2) is 5.07. The maximum absolute atomic E-state index is 12.0. The molecule has 0 unspecified atom stereocenters. The van der Waals surface area contributed by atoms with Gasteiger partial charge in [-0.25, -0.2) is 8.42 Å². The summed E-state index contributed by atoms with van der Waals surface area (Å²) >= 11 is 0. The fourth-order valence-corrected chi connectivity index (χ4v) is 2.47. The van der Waals surface area contributed by atoms with E-state index in [2.05, 4.69) is 10.8 Å². The number of sulfonamides is 1. The highest BCUT2D eigenvalue weighted by Crippen LogP contribution is 2.18. The Morgan fingerprint density at radius 3 is 2.37 bits per heavy atom. The first-order valence-electron chi connectivity index (χ1n) is 5.22. The van der Waals surface area contributed by atoms with E-state index in [1.807, 2.05) is 0 Å². The van der Waals surface area contributed by atoms with Crippen LogP contribution < -0.4 is 4.72 Å². The van der Waals surface area contributed by atoms with Gasteiger partial charge in [-0.3, -0.25) is 14.8 Å². The van der Waals surface area contributed by atoms with Gasteiger partial charge in [0.2, 0.25) is 0 Å². The minimum Gasteiger partial charge on any atom is -0.280 e. The van der Waals surface area contributed by atoms with Gasteiger partial charge in [0, 0.05) is 17.8 Å². The molecule has 2 rings (SSSR count). The average molecular weight is 277 g/mol. The van der Waals surface area contributed by atoms with Crippen LogP contribution in [0.15, 0.2) is 53.4 Å². The van der Waals surface area contributed by atoms with E-state index in [0.717, 1.165) is 12.1 Å². The average Bonchev–Trinajstić information content (AvgIpc) is 2.39. The number of nitrogens with zero attached hydrogens (tertiary/aromatic N) is 1. The van der Waals surface area contributed by atoms with Crippen molar-refractivity contribution in [3.63, 3.8) is 0 Å². The highest BCUT2D eigenvalue weighted by molar-refractivity contribution is 7.92. The minimum atomic E-state index is -3.75. The van der Waals surface area contributed by atoms with Crippen LogP contribution >= 0.6 is 0 Å². The Kier molecular flexibility index (Phi) is 3.48. The molecular formula is C12H9N2O4S. The van der Waals surface area contributed by atoms with Crippen LogP contribution in [0.1, 0.15) is 0 Å². The quantitative estimate of drug-likeness (QED) is 0.685. The van der Waals surface area contributed by atoms with Gasteiger partial charge in [0.05, 0.1) is 9.82 Å². The lowest BCUT2D eigenvalue weighted by atomic mass is 10.3. The molecule has 0 saturated heterocycles. The highest BCUT2D eigenvalue weighted by Gasteiger charge is 2.15. The molecule has 2 aromatic carbocycles. The van der Waals surface area contributed by atoms with Crippen molar-refractivity contribution in [2.45, 2.75) is 4.90 Å². The second-order valence-electron chi connectivity index (χ2n) is 3.65. The monoisotopic (exact) mass is 277 g/mol. The van der Waals surface area contributed by atoms with Crippen molar-refractivity contribution < 1.29 is 13.3 Å². The number of rotatable bonds is 4. The molecule has 19 heavy (non-hydrogen) atoms. The first-order chi connectivity index (χ1) is 8.99. The molecule has 0 saturated carbocycles. The molecule has 97 valence electrons. The van der Waals surface area contributed by atoms with E-state index >= 15 is 0 Å². The minimum absolute atomic E-state index is 0.0399. The first-order valence-corrected chi connectivity index (χ1v) is 6.71. The van der Waals surface area contributed by atoms with E-state index in [0.29, 0.717) is 5.69 Å². The molecule has 0 amide bonds. The molecule has 6 nitrogen and oxygen atoms in total. The summed E-state index contributed by atoms with van der Waals surface area (Å²) in [6.07, 6.45) is 0. The summed E-state index contributed by atoms with van der Waals surface area (Å²) < 4.78 is 26.3. The van der Waals surface area contributed by atoms with E-state index < -0.39 is 14.9 Å². The Morgan fingerprint density at radius 1 is 1.16 bits per heavy atom. The zero-order valence-corrected chi connectivity index (χ0v) is 10.4. The van der Waals surface area contributed by atoms with Crippen LogP contribution in [0.3, 0.4) is 0 Å². The van der Waals surface area contributed by atoms with Crippen molar-refractivity contribution in [3.8, 4) is 0 Å². The van der Waals surface area contributed by atoms with Crippen LogP contribution in [0.25, 0.3) is 0 Å². The topological polar surface area (TPSA) is 89.3 Å². The lowest BCUT2D eigenvalue weighted by Crippen LogP contribution is -2.12.